The highest BCUT2D eigenvalue weighted by Crippen LogP contribution is 2.61. The van der Waals surface area contributed by atoms with Crippen LogP contribution in [0.1, 0.15) is 48.9 Å². The summed E-state index contributed by atoms with van der Waals surface area (Å²) in [6.07, 6.45) is 6.41. The average Bonchev–Trinajstić information content (AvgIpc) is 2.71. The van der Waals surface area contributed by atoms with Gasteiger partial charge in [0.15, 0.2) is 0 Å². The van der Waals surface area contributed by atoms with E-state index in [9.17, 15) is 14.7 Å². The highest BCUT2D eigenvalue weighted by molar-refractivity contribution is 5.97. The van der Waals surface area contributed by atoms with Crippen LogP contribution in [-0.2, 0) is 4.79 Å². The minimum Gasteiger partial charge on any atom is -0.548 e. The molecule has 0 spiro atoms. The Hall–Kier alpha value is -2.62. The fourth-order valence-corrected chi connectivity index (χ4v) is 6.65. The third kappa shape index (κ3) is 3.35. The van der Waals surface area contributed by atoms with E-state index < -0.39 is 12.0 Å². The number of carboxylic acids is 1. The zero-order valence-corrected chi connectivity index (χ0v) is 16.5. The van der Waals surface area contributed by atoms with Gasteiger partial charge in [-0.2, -0.15) is 0 Å². The molecule has 4 saturated carbocycles. The van der Waals surface area contributed by atoms with Crippen molar-refractivity contribution in [3.63, 3.8) is 0 Å². The molecule has 0 radical (unpaired) electrons. The number of rotatable bonds is 5. The van der Waals surface area contributed by atoms with Gasteiger partial charge < -0.3 is 15.2 Å². The Bertz CT molecular complexity index is 884. The summed E-state index contributed by atoms with van der Waals surface area (Å²) in [6.45, 7) is 0. The first kappa shape index (κ1) is 18.4. The van der Waals surface area contributed by atoms with Crippen molar-refractivity contribution >= 4 is 11.9 Å². The van der Waals surface area contributed by atoms with Gasteiger partial charge in [0.05, 0.1) is 12.0 Å². The summed E-state index contributed by atoms with van der Waals surface area (Å²) >= 11 is 0. The van der Waals surface area contributed by atoms with Crippen molar-refractivity contribution in [2.24, 2.45) is 23.2 Å². The monoisotopic (exact) mass is 388 g/mol. The molecule has 1 atom stereocenters. The molecule has 0 unspecified atom stereocenters. The summed E-state index contributed by atoms with van der Waals surface area (Å²) < 4.78 is 0. The third-order valence-corrected chi connectivity index (χ3v) is 7.46. The van der Waals surface area contributed by atoms with E-state index in [2.05, 4.69) is 5.32 Å². The molecule has 1 amide bonds. The van der Waals surface area contributed by atoms with Crippen LogP contribution in [0.25, 0.3) is 11.1 Å². The second kappa shape index (κ2) is 7.01. The number of amides is 1. The van der Waals surface area contributed by atoms with E-state index in [-0.39, 0.29) is 11.3 Å². The number of benzene rings is 2. The number of nitrogens with one attached hydrogen (secondary N) is 1. The predicted molar refractivity (Wildman–Crippen MR) is 109 cm³/mol. The average molecular weight is 388 g/mol. The van der Waals surface area contributed by atoms with Gasteiger partial charge in [0.2, 0.25) is 0 Å². The standard InChI is InChI=1S/C25H27NO3/c27-23(21-8-6-20(7-9-21)19-4-2-1-3-5-19)26-22(24(28)29)25-13-16-10-17(14-25)12-18(11-16)15-25/h1-9,16-18,22H,10-15H2,(H,26,27)(H,28,29)/p-1/t16?,17?,18?,22-,25?/m1/s1. The molecule has 150 valence electrons. The second-order valence-corrected chi connectivity index (χ2v) is 9.45. The topological polar surface area (TPSA) is 69.2 Å². The molecule has 4 bridgehead atoms. The Labute approximate surface area is 171 Å². The van der Waals surface area contributed by atoms with Crippen molar-refractivity contribution in [2.75, 3.05) is 0 Å². The van der Waals surface area contributed by atoms with Crippen LogP contribution in [0.3, 0.4) is 0 Å². The smallest absolute Gasteiger partial charge is 0.251 e. The van der Waals surface area contributed by atoms with E-state index in [0.29, 0.717) is 23.3 Å². The maximum Gasteiger partial charge on any atom is 0.251 e. The second-order valence-electron chi connectivity index (χ2n) is 9.45. The van der Waals surface area contributed by atoms with Crippen molar-refractivity contribution in [3.05, 3.63) is 60.2 Å². The Kier molecular flexibility index (Phi) is 4.45. The van der Waals surface area contributed by atoms with Gasteiger partial charge in [0.25, 0.3) is 5.91 Å². The predicted octanol–water partition coefficient (Wildman–Crippen LogP) is 3.42. The molecule has 2 aromatic carbocycles. The molecule has 2 aromatic rings. The number of hydrogen-bond donors (Lipinski definition) is 1. The number of hydrogen-bond acceptors (Lipinski definition) is 3. The van der Waals surface area contributed by atoms with Crippen LogP contribution in [0.2, 0.25) is 0 Å². The van der Waals surface area contributed by atoms with E-state index in [1.54, 1.807) is 12.1 Å². The molecule has 4 heteroatoms. The molecular weight excluding hydrogens is 362 g/mol. The number of aliphatic carboxylic acids is 1. The summed E-state index contributed by atoms with van der Waals surface area (Å²) in [5, 5.41) is 14.9. The van der Waals surface area contributed by atoms with Crippen molar-refractivity contribution in [2.45, 2.75) is 44.6 Å². The van der Waals surface area contributed by atoms with E-state index >= 15 is 0 Å². The van der Waals surface area contributed by atoms with Crippen LogP contribution in [0.5, 0.6) is 0 Å². The lowest BCUT2D eigenvalue weighted by atomic mass is 9.47. The first-order valence-electron chi connectivity index (χ1n) is 10.7. The lowest BCUT2D eigenvalue weighted by molar-refractivity contribution is -0.313. The van der Waals surface area contributed by atoms with Gasteiger partial charge in [-0.15, -0.1) is 0 Å². The lowest BCUT2D eigenvalue weighted by Gasteiger charge is -2.59. The Morgan fingerprint density at radius 3 is 1.86 bits per heavy atom. The van der Waals surface area contributed by atoms with Gasteiger partial charge in [-0.1, -0.05) is 42.5 Å². The van der Waals surface area contributed by atoms with Crippen molar-refractivity contribution < 1.29 is 14.7 Å². The van der Waals surface area contributed by atoms with Crippen LogP contribution in [0, 0.1) is 23.2 Å². The molecule has 0 heterocycles. The van der Waals surface area contributed by atoms with Gasteiger partial charge in [-0.25, -0.2) is 0 Å². The van der Waals surface area contributed by atoms with E-state index in [1.165, 1.54) is 19.3 Å². The molecule has 0 saturated heterocycles. The summed E-state index contributed by atoms with van der Waals surface area (Å²) in [4.78, 5) is 25.0. The first-order chi connectivity index (χ1) is 14.0. The van der Waals surface area contributed by atoms with Crippen LogP contribution in [-0.4, -0.2) is 17.9 Å². The van der Waals surface area contributed by atoms with Crippen molar-refractivity contribution in [1.82, 2.24) is 5.32 Å². The molecule has 6 rings (SSSR count). The number of carbonyl (C=O) groups is 2. The minimum atomic E-state index is -1.14. The molecular formula is C25H26NO3-. The number of carbonyl (C=O) groups excluding carboxylic acids is 2. The van der Waals surface area contributed by atoms with Gasteiger partial charge in [0.1, 0.15) is 0 Å². The van der Waals surface area contributed by atoms with Gasteiger partial charge >= 0.3 is 0 Å². The van der Waals surface area contributed by atoms with E-state index in [4.69, 9.17) is 0 Å². The Morgan fingerprint density at radius 1 is 0.828 bits per heavy atom. The van der Waals surface area contributed by atoms with Crippen LogP contribution in [0.15, 0.2) is 54.6 Å². The molecule has 29 heavy (non-hydrogen) atoms. The van der Waals surface area contributed by atoms with Crippen molar-refractivity contribution in [1.29, 1.82) is 0 Å². The summed E-state index contributed by atoms with van der Waals surface area (Å²) in [6, 6.07) is 16.4. The maximum absolute atomic E-state index is 12.9. The Balaban J connectivity index is 1.35. The summed E-state index contributed by atoms with van der Waals surface area (Å²) in [7, 11) is 0. The van der Waals surface area contributed by atoms with Gasteiger partial charge in [-0.3, -0.25) is 4.79 Å². The molecule has 4 aliphatic rings. The van der Waals surface area contributed by atoms with E-state index in [1.807, 2.05) is 42.5 Å². The normalized spacial score (nSPS) is 30.7. The highest BCUT2D eigenvalue weighted by Gasteiger charge is 2.54. The maximum atomic E-state index is 12.9. The Morgan fingerprint density at radius 2 is 1.34 bits per heavy atom. The molecule has 4 aliphatic carbocycles. The zero-order chi connectivity index (χ0) is 20.0. The minimum absolute atomic E-state index is 0.324. The third-order valence-electron chi connectivity index (χ3n) is 7.46. The van der Waals surface area contributed by atoms with E-state index in [0.717, 1.165) is 30.4 Å². The van der Waals surface area contributed by atoms with Gasteiger partial charge in [-0.05, 0) is 85.0 Å². The van der Waals surface area contributed by atoms with Gasteiger partial charge in [0, 0.05) is 5.56 Å². The van der Waals surface area contributed by atoms with Crippen LogP contribution < -0.4 is 10.4 Å². The molecule has 4 nitrogen and oxygen atoms in total. The first-order valence-corrected chi connectivity index (χ1v) is 10.7. The van der Waals surface area contributed by atoms with Crippen LogP contribution in [0.4, 0.5) is 0 Å². The quantitative estimate of drug-likeness (QED) is 0.853. The molecule has 0 aromatic heterocycles. The molecule has 0 aliphatic heterocycles. The lowest BCUT2D eigenvalue weighted by Crippen LogP contribution is -2.62. The fourth-order valence-electron chi connectivity index (χ4n) is 6.65. The molecule has 1 N–H and O–H groups in total. The zero-order valence-electron chi connectivity index (χ0n) is 16.5. The molecule has 4 fully saturated rings. The highest BCUT2D eigenvalue weighted by atomic mass is 16.4. The largest absolute Gasteiger partial charge is 0.548 e. The van der Waals surface area contributed by atoms with Crippen molar-refractivity contribution in [3.8, 4) is 11.1 Å². The summed E-state index contributed by atoms with van der Waals surface area (Å²) in [5.74, 6) is 0.385. The summed E-state index contributed by atoms with van der Waals surface area (Å²) in [5.41, 5.74) is 2.27. The van der Waals surface area contributed by atoms with Crippen LogP contribution >= 0.6 is 0 Å². The fraction of sp³-hybridized carbons (Fsp3) is 0.440. The SMILES string of the molecule is O=C(N[C@H](C(=O)[O-])C12CC3CC(CC(C3)C1)C2)c1ccc(-c2ccccc2)cc1. The number of carboxylic acid groups (broad SMARTS) is 1.